The van der Waals surface area contributed by atoms with Gasteiger partial charge in [0.2, 0.25) is 0 Å². The largest absolute Gasteiger partial charge is 0.462 e. The Balaban J connectivity index is 7.25. The molecule has 0 heterocycles. The fourth-order valence-electron chi connectivity index (χ4n) is 2.68. The van der Waals surface area contributed by atoms with Crippen molar-refractivity contribution < 1.29 is 144 Å². The van der Waals surface area contributed by atoms with E-state index in [4.69, 9.17) is 0 Å². The van der Waals surface area contributed by atoms with Gasteiger partial charge >= 0.3 is 84.4 Å². The van der Waals surface area contributed by atoms with Gasteiger partial charge in [-0.2, -0.15) is 96.6 Å². The number of carbonyl (C=O) groups excluding carboxylic acids is 4. The summed E-state index contributed by atoms with van der Waals surface area (Å²) in [5, 5.41) is 0. The molecular weight excluding hydrogens is 854 g/mol. The predicted octanol–water partition coefficient (Wildman–Crippen LogP) is 6.59. The first-order valence-electron chi connectivity index (χ1n) is 12.6. The quantitative estimate of drug-likeness (QED) is 0.0646. The number of hydrogen-bond acceptors (Lipinski definition) is 10. The van der Waals surface area contributed by atoms with Crippen molar-refractivity contribution in [3.63, 3.8) is 0 Å². The highest BCUT2D eigenvalue weighted by Gasteiger charge is 2.81. The van der Waals surface area contributed by atoms with E-state index in [0.717, 1.165) is 0 Å². The molecule has 10 nitrogen and oxygen atoms in total. The Kier molecular flexibility index (Phi) is 14.8. The fraction of sp³-hybridized carbons (Fsp3) is 0.652. The average Bonchev–Trinajstić information content (AvgIpc) is 3.00. The summed E-state index contributed by atoms with van der Waals surface area (Å²) in [7, 11) is 0. The minimum absolute atomic E-state index is 0.0680. The minimum atomic E-state index is -7.78. The Morgan fingerprint density at radius 1 is 0.400 bits per heavy atom. The van der Waals surface area contributed by atoms with Crippen molar-refractivity contribution in [3.05, 3.63) is 25.3 Å². The Labute approximate surface area is 286 Å². The molecule has 0 aromatic carbocycles. The van der Waals surface area contributed by atoms with E-state index in [9.17, 15) is 116 Å². The first-order chi connectivity index (χ1) is 24.1. The van der Waals surface area contributed by atoms with Gasteiger partial charge < -0.3 is 18.9 Å². The van der Waals surface area contributed by atoms with Crippen LogP contribution in [0, 0.1) is 5.41 Å². The molecule has 320 valence electrons. The normalized spacial score (nSPS) is 16.3. The van der Waals surface area contributed by atoms with Gasteiger partial charge in [-0.05, 0) is 0 Å². The summed E-state index contributed by atoms with van der Waals surface area (Å²) in [4.78, 5) is 47.1. The van der Waals surface area contributed by atoms with Crippen molar-refractivity contribution in [1.29, 1.82) is 0 Å². The fourth-order valence-corrected chi connectivity index (χ4v) is 2.68. The van der Waals surface area contributed by atoms with Crippen molar-refractivity contribution in [2.45, 2.75) is 60.5 Å². The molecule has 0 bridgehead atoms. The SMILES string of the molecule is C=CC(=O)OCC(COC(=O)C=C)(COC(=O)C(F)(OC(F)(F)C(F)(F)C(F)(F)F)C(F)(F)F)COC(=O)C(F)(OC(F)(F)C(F)(F)C(F)(F)F)C(F)(F)F. The van der Waals surface area contributed by atoms with Gasteiger partial charge in [-0.15, -0.1) is 0 Å². The summed E-state index contributed by atoms with van der Waals surface area (Å²) in [6.45, 7) is -4.20. The number of ether oxygens (including phenoxy) is 6. The third-order valence-electron chi connectivity index (χ3n) is 5.63. The maximum atomic E-state index is 14.7. The maximum Gasteiger partial charge on any atom is 0.462 e. The van der Waals surface area contributed by atoms with Crippen LogP contribution in [0.5, 0.6) is 0 Å². The molecule has 0 aliphatic carbocycles. The Morgan fingerprint density at radius 2 is 0.636 bits per heavy atom. The molecule has 0 N–H and O–H groups in total. The molecule has 0 amide bonds. The highest BCUT2D eigenvalue weighted by atomic mass is 19.4. The number of halogens is 22. The van der Waals surface area contributed by atoms with Crippen LogP contribution in [0.1, 0.15) is 0 Å². The zero-order chi connectivity index (χ0) is 44.3. The second-order valence-corrected chi connectivity index (χ2v) is 9.84. The molecule has 0 radical (unpaired) electrons. The van der Waals surface area contributed by atoms with E-state index in [1.165, 1.54) is 0 Å². The highest BCUT2D eigenvalue weighted by molar-refractivity contribution is 5.82. The van der Waals surface area contributed by atoms with E-state index < -0.39 is 116 Å². The van der Waals surface area contributed by atoms with Gasteiger partial charge in [0.25, 0.3) is 0 Å². The van der Waals surface area contributed by atoms with Crippen molar-refractivity contribution in [2.24, 2.45) is 5.41 Å². The summed E-state index contributed by atoms with van der Waals surface area (Å²) in [6, 6.07) is 0. The van der Waals surface area contributed by atoms with Crippen LogP contribution in [0.15, 0.2) is 25.3 Å². The number of esters is 4. The number of alkyl halides is 22. The molecule has 0 spiro atoms. The lowest BCUT2D eigenvalue weighted by molar-refractivity contribution is -0.475. The van der Waals surface area contributed by atoms with E-state index >= 15 is 0 Å². The number of rotatable bonds is 18. The second-order valence-electron chi connectivity index (χ2n) is 9.84. The molecule has 0 aromatic rings. The molecule has 55 heavy (non-hydrogen) atoms. The lowest BCUT2D eigenvalue weighted by atomic mass is 9.92. The van der Waals surface area contributed by atoms with Crippen LogP contribution in [-0.2, 0) is 47.6 Å². The van der Waals surface area contributed by atoms with Gasteiger partial charge in [0.15, 0.2) is 0 Å². The number of hydrogen-bond donors (Lipinski definition) is 0. The van der Waals surface area contributed by atoms with E-state index in [2.05, 4.69) is 32.1 Å². The third-order valence-corrected chi connectivity index (χ3v) is 5.63. The average molecular weight is 868 g/mol. The van der Waals surface area contributed by atoms with Crippen molar-refractivity contribution in [1.82, 2.24) is 0 Å². The smallest absolute Gasteiger partial charge is 0.462 e. The van der Waals surface area contributed by atoms with E-state index in [1.807, 2.05) is 9.47 Å². The summed E-state index contributed by atoms with van der Waals surface area (Å²) in [5.41, 5.74) is -3.67. The van der Waals surface area contributed by atoms with Crippen LogP contribution in [0.3, 0.4) is 0 Å². The molecule has 0 aromatic heterocycles. The third kappa shape index (κ3) is 11.0. The molecule has 0 aliphatic heterocycles. The summed E-state index contributed by atoms with van der Waals surface area (Å²) >= 11 is 0. The van der Waals surface area contributed by atoms with E-state index in [1.54, 1.807) is 0 Å². The second kappa shape index (κ2) is 16.1. The Hall–Kier alpha value is -4.26. The van der Waals surface area contributed by atoms with Gasteiger partial charge in [0, 0.05) is 12.2 Å². The number of carbonyl (C=O) groups is 4. The topological polar surface area (TPSA) is 124 Å². The minimum Gasteiger partial charge on any atom is -0.462 e. The molecule has 2 unspecified atom stereocenters. The summed E-state index contributed by atoms with van der Waals surface area (Å²) < 4.78 is 310. The van der Waals surface area contributed by atoms with Crippen LogP contribution in [0.2, 0.25) is 0 Å². The van der Waals surface area contributed by atoms with Crippen LogP contribution in [-0.4, -0.2) is 111 Å². The van der Waals surface area contributed by atoms with Crippen molar-refractivity contribution >= 4 is 23.9 Å². The van der Waals surface area contributed by atoms with Gasteiger partial charge in [0.1, 0.15) is 31.8 Å². The molecule has 0 fully saturated rings. The van der Waals surface area contributed by atoms with Crippen LogP contribution in [0.4, 0.5) is 96.6 Å². The molecule has 0 saturated heterocycles. The molecule has 32 heteroatoms. The first kappa shape index (κ1) is 50.7. The summed E-state index contributed by atoms with van der Waals surface area (Å²) in [5.74, 6) is -42.1. The molecule has 0 saturated carbocycles. The zero-order valence-corrected chi connectivity index (χ0v) is 25.3. The first-order valence-corrected chi connectivity index (χ1v) is 12.6. The lowest BCUT2D eigenvalue weighted by Crippen LogP contribution is -2.62. The standard InChI is InChI=1S/C23H14F22O10/c1-3-9(46)50-5-13(6-51-10(47)4-2,7-52-11(48)14(24,18(30,31)32)54-22(42,43)16(26,27)20(36,37)38)8-53-12(49)15(25,19(33,34)35)55-23(44,45)17(28,29)21(39,40)41/h3-4H,1-2,5-8H2. The Bertz CT molecular complexity index is 1330. The van der Waals surface area contributed by atoms with Crippen molar-refractivity contribution in [3.8, 4) is 0 Å². The molecular formula is C23H14F22O10. The molecule has 0 rings (SSSR count). The van der Waals surface area contributed by atoms with Gasteiger partial charge in [-0.1, -0.05) is 13.2 Å². The lowest BCUT2D eigenvalue weighted by Gasteiger charge is -2.36. The highest BCUT2D eigenvalue weighted by Crippen LogP contribution is 2.53. The van der Waals surface area contributed by atoms with E-state index in [-0.39, 0.29) is 12.2 Å². The van der Waals surface area contributed by atoms with E-state index in [0.29, 0.717) is 0 Å². The summed E-state index contributed by atoms with van der Waals surface area (Å²) in [6.07, 6.45) is -45.5. The molecule has 0 aliphatic rings. The van der Waals surface area contributed by atoms with Crippen LogP contribution in [0.25, 0.3) is 0 Å². The predicted molar refractivity (Wildman–Crippen MR) is 121 cm³/mol. The Morgan fingerprint density at radius 3 is 0.836 bits per heavy atom. The maximum absolute atomic E-state index is 14.7. The van der Waals surface area contributed by atoms with Gasteiger partial charge in [-0.25, -0.2) is 19.2 Å². The van der Waals surface area contributed by atoms with Crippen LogP contribution >= 0.6 is 0 Å². The van der Waals surface area contributed by atoms with Crippen LogP contribution < -0.4 is 0 Å². The monoisotopic (exact) mass is 868 g/mol. The zero-order valence-electron chi connectivity index (χ0n) is 25.3. The molecule has 2 atom stereocenters. The van der Waals surface area contributed by atoms with Gasteiger partial charge in [0.05, 0.1) is 0 Å². The van der Waals surface area contributed by atoms with Crippen molar-refractivity contribution in [2.75, 3.05) is 26.4 Å². The van der Waals surface area contributed by atoms with Gasteiger partial charge in [-0.3, -0.25) is 9.47 Å².